The second kappa shape index (κ2) is 19.7. The van der Waals surface area contributed by atoms with E-state index in [0.29, 0.717) is 28.1 Å². The molecule has 0 bridgehead atoms. The number of nitrogens with zero attached hydrogens (tertiary/aromatic N) is 1. The molecule has 0 saturated carbocycles. The SMILES string of the molecule is CC(=O)OCC1O[C@@H](/C=C/c2ccc([C@@H]3[C@@H](CC[C@H](O)c4ccc(F)cc4)C(=O)N3c3ccc(F)cc3)c(O[Si](C)(C)C(C)(C)C)c2)[C@@H](OC(C)=O)C(OC(C)=O)[C@@H]1OC(C)=O. The minimum atomic E-state index is -2.59. The quantitative estimate of drug-likeness (QED) is 0.0686. The third-order valence-corrected chi connectivity index (χ3v) is 15.7. The number of carbonyl (C=O) groups excluding carboxylic acids is 5. The van der Waals surface area contributed by atoms with Gasteiger partial charge in [0.2, 0.25) is 14.2 Å². The van der Waals surface area contributed by atoms with E-state index in [4.69, 9.17) is 28.1 Å². The van der Waals surface area contributed by atoms with Crippen LogP contribution in [0.5, 0.6) is 5.75 Å². The van der Waals surface area contributed by atoms with Crippen LogP contribution < -0.4 is 9.33 Å². The van der Waals surface area contributed by atoms with Gasteiger partial charge in [-0.25, -0.2) is 8.78 Å². The average molecular weight is 880 g/mol. The Morgan fingerprint density at radius 3 is 1.95 bits per heavy atom. The predicted octanol–water partition coefficient (Wildman–Crippen LogP) is 7.71. The topological polar surface area (TPSA) is 164 Å². The van der Waals surface area contributed by atoms with E-state index < -0.39 is 92.4 Å². The number of anilines is 1. The third-order valence-electron chi connectivity index (χ3n) is 11.4. The van der Waals surface area contributed by atoms with Gasteiger partial charge in [0.1, 0.15) is 36.2 Å². The fourth-order valence-electron chi connectivity index (χ4n) is 7.30. The van der Waals surface area contributed by atoms with Gasteiger partial charge in [-0.15, -0.1) is 0 Å². The maximum atomic E-state index is 14.1. The van der Waals surface area contributed by atoms with Gasteiger partial charge in [-0.2, -0.15) is 0 Å². The Balaban J connectivity index is 1.58. The molecule has 0 aromatic heterocycles. The summed E-state index contributed by atoms with van der Waals surface area (Å²) >= 11 is 0. The Labute approximate surface area is 361 Å². The van der Waals surface area contributed by atoms with E-state index in [1.807, 2.05) is 12.1 Å². The van der Waals surface area contributed by atoms with Crippen LogP contribution in [0.15, 0.2) is 72.8 Å². The molecule has 2 aliphatic rings. The summed E-state index contributed by atoms with van der Waals surface area (Å²) in [6, 6.07) is 16.0. The van der Waals surface area contributed by atoms with E-state index in [2.05, 4.69) is 33.9 Å². The Bertz CT molecular complexity index is 2140. The van der Waals surface area contributed by atoms with Crippen LogP contribution >= 0.6 is 0 Å². The summed E-state index contributed by atoms with van der Waals surface area (Å²) in [6.07, 6.45) is -3.45. The lowest BCUT2D eigenvalue weighted by atomic mass is 9.77. The molecule has 0 spiro atoms. The molecule has 3 aromatic carbocycles. The van der Waals surface area contributed by atoms with Crippen molar-refractivity contribution in [1.29, 1.82) is 0 Å². The van der Waals surface area contributed by atoms with E-state index in [1.165, 1.54) is 55.5 Å². The molecule has 334 valence electrons. The van der Waals surface area contributed by atoms with Gasteiger partial charge in [-0.1, -0.05) is 57.2 Å². The highest BCUT2D eigenvalue weighted by molar-refractivity contribution is 6.74. The van der Waals surface area contributed by atoms with Gasteiger partial charge in [0.25, 0.3) is 0 Å². The number of benzene rings is 3. The molecule has 16 heteroatoms. The number of amides is 1. The third kappa shape index (κ3) is 11.5. The van der Waals surface area contributed by atoms with Crippen molar-refractivity contribution in [2.24, 2.45) is 5.92 Å². The molecule has 13 nitrogen and oxygen atoms in total. The summed E-state index contributed by atoms with van der Waals surface area (Å²) in [5, 5.41) is 10.8. The van der Waals surface area contributed by atoms with Crippen molar-refractivity contribution >= 4 is 49.9 Å². The van der Waals surface area contributed by atoms with E-state index in [1.54, 1.807) is 23.1 Å². The minimum absolute atomic E-state index is 0.199. The highest BCUT2D eigenvalue weighted by Crippen LogP contribution is 2.50. The summed E-state index contributed by atoms with van der Waals surface area (Å²) < 4.78 is 63.0. The minimum Gasteiger partial charge on any atom is -0.543 e. The van der Waals surface area contributed by atoms with Gasteiger partial charge in [-0.05, 0) is 84.6 Å². The van der Waals surface area contributed by atoms with Crippen molar-refractivity contribution in [1.82, 2.24) is 0 Å². The number of esters is 4. The molecule has 8 atom stereocenters. The molecule has 2 fully saturated rings. The van der Waals surface area contributed by atoms with Gasteiger partial charge >= 0.3 is 23.9 Å². The van der Waals surface area contributed by atoms with Gasteiger partial charge in [-0.3, -0.25) is 24.0 Å². The van der Waals surface area contributed by atoms with E-state index in [9.17, 15) is 37.9 Å². The first-order valence-corrected chi connectivity index (χ1v) is 23.3. The highest BCUT2D eigenvalue weighted by Gasteiger charge is 2.52. The molecule has 0 radical (unpaired) electrons. The molecule has 62 heavy (non-hydrogen) atoms. The summed E-state index contributed by atoms with van der Waals surface area (Å²) in [4.78, 5) is 64.5. The zero-order valence-corrected chi connectivity index (χ0v) is 37.4. The van der Waals surface area contributed by atoms with Crippen LogP contribution in [-0.4, -0.2) is 80.3 Å². The maximum Gasteiger partial charge on any atom is 0.303 e. The smallest absolute Gasteiger partial charge is 0.303 e. The lowest BCUT2D eigenvalue weighted by Gasteiger charge is -2.49. The number of aliphatic hydroxyl groups is 1. The van der Waals surface area contributed by atoms with Crippen molar-refractivity contribution in [3.63, 3.8) is 0 Å². The molecule has 2 unspecified atom stereocenters. The summed E-state index contributed by atoms with van der Waals surface area (Å²) in [5.41, 5.74) is 2.25. The second-order valence-electron chi connectivity index (χ2n) is 17.1. The van der Waals surface area contributed by atoms with Crippen molar-refractivity contribution in [2.45, 2.75) is 122 Å². The van der Waals surface area contributed by atoms with Crippen molar-refractivity contribution in [3.05, 3.63) is 101 Å². The highest BCUT2D eigenvalue weighted by atomic mass is 28.4. The first kappa shape index (κ1) is 47.6. The molecule has 2 aliphatic heterocycles. The Morgan fingerprint density at radius 2 is 1.39 bits per heavy atom. The molecule has 1 N–H and O–H groups in total. The number of ether oxygens (including phenoxy) is 5. The number of aliphatic hydroxyl groups excluding tert-OH is 1. The van der Waals surface area contributed by atoms with Crippen LogP contribution in [-0.2, 0) is 47.7 Å². The molecule has 2 saturated heterocycles. The fourth-order valence-corrected chi connectivity index (χ4v) is 8.34. The van der Waals surface area contributed by atoms with Gasteiger partial charge in [0, 0.05) is 38.9 Å². The standard InChI is InChI=1S/C46H55F2NO12Si/c1-26(50)56-25-40-43(58-28(3)52)44(59-29(4)53)42(57-27(2)51)38(60-40)23-11-30-10-20-35(39(24-30)61-62(8,9)46(5,6)7)41-36(21-22-37(54)31-12-14-32(47)15-13-31)45(55)49(41)34-18-16-33(48)17-19-34/h10-20,23-24,36-38,40-44,54H,21-22,25H2,1-9H3/b23-11+/t36-,37+,38+,40?,41-,42-,43-,44?/m1/s1. The fraction of sp³-hybridized carbons (Fsp3) is 0.457. The first-order valence-electron chi connectivity index (χ1n) is 20.4. The van der Waals surface area contributed by atoms with E-state index in [-0.39, 0.29) is 30.4 Å². The summed E-state index contributed by atoms with van der Waals surface area (Å²) in [5.74, 6) is -4.13. The molecular formula is C46H55F2NO12Si. The number of halogens is 2. The first-order chi connectivity index (χ1) is 29.1. The lowest BCUT2D eigenvalue weighted by molar-refractivity contribution is -0.244. The van der Waals surface area contributed by atoms with E-state index >= 15 is 0 Å². The largest absolute Gasteiger partial charge is 0.543 e. The van der Waals surface area contributed by atoms with Crippen LogP contribution in [0.4, 0.5) is 14.5 Å². The summed E-state index contributed by atoms with van der Waals surface area (Å²) in [7, 11) is -2.59. The van der Waals surface area contributed by atoms with Gasteiger partial charge in [0.05, 0.1) is 18.1 Å². The van der Waals surface area contributed by atoms with Gasteiger partial charge < -0.3 is 38.1 Å². The normalized spacial score (nSPS) is 23.3. The number of hydrogen-bond acceptors (Lipinski definition) is 12. The number of carbonyl (C=O) groups is 5. The lowest BCUT2D eigenvalue weighted by Crippen LogP contribution is -2.61. The predicted molar refractivity (Wildman–Crippen MR) is 226 cm³/mol. The van der Waals surface area contributed by atoms with Crippen LogP contribution in [0.1, 0.15) is 90.1 Å². The van der Waals surface area contributed by atoms with Crippen molar-refractivity contribution < 1.29 is 66.0 Å². The number of hydrogen-bond donors (Lipinski definition) is 1. The van der Waals surface area contributed by atoms with Crippen LogP contribution in [0.3, 0.4) is 0 Å². The number of β-lactam (4-membered cyclic amide) rings is 1. The maximum absolute atomic E-state index is 14.1. The Kier molecular flexibility index (Phi) is 15.1. The molecule has 5 rings (SSSR count). The van der Waals surface area contributed by atoms with Crippen molar-refractivity contribution in [3.8, 4) is 5.75 Å². The Hall–Kier alpha value is -5.45. The van der Waals surface area contributed by atoms with Crippen LogP contribution in [0.2, 0.25) is 18.1 Å². The average Bonchev–Trinajstić information content (AvgIpc) is 3.17. The summed E-state index contributed by atoms with van der Waals surface area (Å²) in [6.45, 7) is 14.7. The van der Waals surface area contributed by atoms with E-state index in [0.717, 1.165) is 20.8 Å². The van der Waals surface area contributed by atoms with Gasteiger partial charge in [0.15, 0.2) is 18.3 Å². The zero-order chi connectivity index (χ0) is 45.7. The van der Waals surface area contributed by atoms with Crippen molar-refractivity contribution in [2.75, 3.05) is 11.5 Å². The monoisotopic (exact) mass is 879 g/mol. The second-order valence-corrected chi connectivity index (χ2v) is 21.8. The molecule has 1 amide bonds. The number of rotatable bonds is 15. The Morgan fingerprint density at radius 1 is 0.823 bits per heavy atom. The molecule has 3 aromatic rings. The van der Waals surface area contributed by atoms with Crippen LogP contribution in [0, 0.1) is 17.6 Å². The molecule has 0 aliphatic carbocycles. The van der Waals surface area contributed by atoms with Crippen LogP contribution in [0.25, 0.3) is 6.08 Å². The molecular weight excluding hydrogens is 825 g/mol. The molecule has 2 heterocycles. The zero-order valence-electron chi connectivity index (χ0n) is 36.4.